The minimum absolute atomic E-state index is 0.0765. The Kier molecular flexibility index (Phi) is 9.01. The van der Waals surface area contributed by atoms with Crippen molar-refractivity contribution in [3.8, 4) is 0 Å². The van der Waals surface area contributed by atoms with E-state index in [1.807, 2.05) is 0 Å². The number of nitrogens with one attached hydrogen (secondary N) is 2. The van der Waals surface area contributed by atoms with E-state index in [4.69, 9.17) is 24.1 Å². The van der Waals surface area contributed by atoms with Crippen molar-refractivity contribution in [2.75, 3.05) is 39.5 Å². The van der Waals surface area contributed by atoms with Crippen LogP contribution >= 0.6 is 0 Å². The van der Waals surface area contributed by atoms with Crippen LogP contribution in [0.2, 0.25) is 0 Å². The lowest BCUT2D eigenvalue weighted by atomic mass is 10.1. The third-order valence-corrected chi connectivity index (χ3v) is 4.84. The van der Waals surface area contributed by atoms with Crippen molar-refractivity contribution < 1.29 is 32.2 Å². The van der Waals surface area contributed by atoms with Gasteiger partial charge in [-0.2, -0.15) is 0 Å². The van der Waals surface area contributed by atoms with Crippen LogP contribution in [0.5, 0.6) is 0 Å². The minimum Gasteiger partial charge on any atom is -0.444 e. The molecule has 0 radical (unpaired) electrons. The molecule has 1 fully saturated rings. The first-order valence-electron chi connectivity index (χ1n) is 9.70. The number of rotatable bonds is 12. The molecule has 0 aromatic heterocycles. The Labute approximate surface area is 177 Å². The number of benzene rings is 1. The fourth-order valence-corrected chi connectivity index (χ4v) is 3.02. The smallest absolute Gasteiger partial charge is 0.407 e. The molecule has 0 saturated carbocycles. The van der Waals surface area contributed by atoms with Crippen molar-refractivity contribution in [1.29, 1.82) is 0 Å². The zero-order valence-corrected chi connectivity index (χ0v) is 18.4. The number of epoxide rings is 1. The van der Waals surface area contributed by atoms with Crippen molar-refractivity contribution in [3.63, 3.8) is 0 Å². The van der Waals surface area contributed by atoms with Crippen LogP contribution in [0.15, 0.2) is 29.2 Å². The lowest BCUT2D eigenvalue weighted by Crippen LogP contribution is -2.34. The normalized spacial score (nSPS) is 18.8. The van der Waals surface area contributed by atoms with Gasteiger partial charge in [-0.05, 0) is 38.5 Å². The van der Waals surface area contributed by atoms with Crippen LogP contribution in [0.25, 0.3) is 0 Å². The van der Waals surface area contributed by atoms with E-state index in [2.05, 4.69) is 10.6 Å². The van der Waals surface area contributed by atoms with Gasteiger partial charge in [-0.25, -0.2) is 18.4 Å². The molecule has 1 aromatic carbocycles. The van der Waals surface area contributed by atoms with Gasteiger partial charge < -0.3 is 24.3 Å². The number of sulfonamides is 1. The van der Waals surface area contributed by atoms with Crippen molar-refractivity contribution in [1.82, 2.24) is 10.6 Å². The molecule has 1 aliphatic heterocycles. The lowest BCUT2D eigenvalue weighted by Gasteiger charge is -2.19. The Morgan fingerprint density at radius 3 is 2.23 bits per heavy atom. The summed E-state index contributed by atoms with van der Waals surface area (Å²) in [6.45, 7) is 8.13. The molecule has 1 saturated heterocycles. The van der Waals surface area contributed by atoms with Crippen molar-refractivity contribution >= 4 is 16.1 Å². The number of nitrogens with two attached hydrogens (primary N) is 1. The zero-order valence-electron chi connectivity index (χ0n) is 17.6. The highest BCUT2D eigenvalue weighted by Gasteiger charge is 2.39. The molecule has 30 heavy (non-hydrogen) atoms. The highest BCUT2D eigenvalue weighted by atomic mass is 32.2. The first kappa shape index (κ1) is 24.5. The van der Waals surface area contributed by atoms with Crippen molar-refractivity contribution in [3.05, 3.63) is 29.8 Å². The fourth-order valence-electron chi connectivity index (χ4n) is 2.50. The number of primary sulfonamides is 1. The molecule has 10 nitrogen and oxygen atoms in total. The molecule has 2 unspecified atom stereocenters. The summed E-state index contributed by atoms with van der Waals surface area (Å²) in [7, 11) is -3.69. The predicted molar refractivity (Wildman–Crippen MR) is 109 cm³/mol. The zero-order chi connectivity index (χ0) is 22.2. The maximum Gasteiger partial charge on any atom is 0.407 e. The Morgan fingerprint density at radius 2 is 1.67 bits per heavy atom. The van der Waals surface area contributed by atoms with E-state index < -0.39 is 21.7 Å². The van der Waals surface area contributed by atoms with Gasteiger partial charge in [0.2, 0.25) is 10.0 Å². The maximum absolute atomic E-state index is 11.4. The number of alkyl carbamates (subject to hydrolysis) is 1. The van der Waals surface area contributed by atoms with Gasteiger partial charge >= 0.3 is 6.09 Å². The van der Waals surface area contributed by atoms with Crippen LogP contribution < -0.4 is 15.8 Å². The SMILES string of the molecule is CC(C)(C)OC(=O)NCCOCCOCCNC1OC1c1ccc(S(N)(=O)=O)cc1. The minimum atomic E-state index is -3.69. The molecule has 1 amide bonds. The monoisotopic (exact) mass is 445 g/mol. The van der Waals surface area contributed by atoms with Gasteiger partial charge in [0.05, 0.1) is 31.3 Å². The van der Waals surface area contributed by atoms with E-state index in [9.17, 15) is 13.2 Å². The largest absolute Gasteiger partial charge is 0.444 e. The van der Waals surface area contributed by atoms with E-state index >= 15 is 0 Å². The molecule has 1 aromatic rings. The Morgan fingerprint density at radius 1 is 1.07 bits per heavy atom. The summed E-state index contributed by atoms with van der Waals surface area (Å²) < 4.78 is 44.0. The maximum atomic E-state index is 11.4. The van der Waals surface area contributed by atoms with Crippen LogP contribution in [-0.2, 0) is 29.0 Å². The van der Waals surface area contributed by atoms with Gasteiger partial charge in [-0.1, -0.05) is 12.1 Å². The van der Waals surface area contributed by atoms with Gasteiger partial charge in [-0.3, -0.25) is 5.32 Å². The molecule has 2 atom stereocenters. The summed E-state index contributed by atoms with van der Waals surface area (Å²) in [5.74, 6) is 0. The average molecular weight is 446 g/mol. The van der Waals surface area contributed by atoms with E-state index in [0.717, 1.165) is 5.56 Å². The van der Waals surface area contributed by atoms with E-state index in [1.54, 1.807) is 32.9 Å². The van der Waals surface area contributed by atoms with Crippen LogP contribution in [0, 0.1) is 0 Å². The molecule has 0 aliphatic carbocycles. The standard InChI is InChI=1S/C19H31N3O7S/c1-19(2,3)29-18(23)22-9-11-27-13-12-26-10-8-21-17-16(28-17)14-4-6-15(7-5-14)30(20,24)25/h4-7,16-17,21H,8-13H2,1-3H3,(H,22,23)(H2,20,24,25). The quantitative estimate of drug-likeness (QED) is 0.318. The highest BCUT2D eigenvalue weighted by molar-refractivity contribution is 7.89. The molecule has 11 heteroatoms. The molecule has 0 bridgehead atoms. The summed E-state index contributed by atoms with van der Waals surface area (Å²) in [6.07, 6.45) is -0.696. The van der Waals surface area contributed by atoms with Crippen LogP contribution in [-0.4, -0.2) is 65.9 Å². The van der Waals surface area contributed by atoms with E-state index in [0.29, 0.717) is 39.5 Å². The number of carbonyl (C=O) groups excluding carboxylic acids is 1. The predicted octanol–water partition coefficient (Wildman–Crippen LogP) is 0.879. The second-order valence-corrected chi connectivity index (χ2v) is 9.26. The molecular weight excluding hydrogens is 414 g/mol. The molecule has 1 aliphatic rings. The summed E-state index contributed by atoms with van der Waals surface area (Å²) in [4.78, 5) is 11.5. The molecule has 4 N–H and O–H groups in total. The fraction of sp³-hybridized carbons (Fsp3) is 0.632. The summed E-state index contributed by atoms with van der Waals surface area (Å²) in [5, 5.41) is 10.9. The highest BCUT2D eigenvalue weighted by Crippen LogP contribution is 2.36. The summed E-state index contributed by atoms with van der Waals surface area (Å²) in [5.41, 5.74) is 0.366. The van der Waals surface area contributed by atoms with Gasteiger partial charge in [0.25, 0.3) is 0 Å². The van der Waals surface area contributed by atoms with Crippen LogP contribution in [0.1, 0.15) is 32.4 Å². The average Bonchev–Trinajstić information content (AvgIpc) is 3.41. The first-order chi connectivity index (χ1) is 14.1. The van der Waals surface area contributed by atoms with Gasteiger partial charge in [0, 0.05) is 13.1 Å². The Balaban J connectivity index is 1.44. The number of carbonyl (C=O) groups is 1. The molecule has 0 spiro atoms. The third-order valence-electron chi connectivity index (χ3n) is 3.91. The van der Waals surface area contributed by atoms with Crippen LogP contribution in [0.4, 0.5) is 4.79 Å². The van der Waals surface area contributed by atoms with E-state index in [-0.39, 0.29) is 17.2 Å². The second-order valence-electron chi connectivity index (χ2n) is 7.70. The van der Waals surface area contributed by atoms with Gasteiger partial charge in [0.1, 0.15) is 17.9 Å². The van der Waals surface area contributed by atoms with E-state index in [1.165, 1.54) is 12.1 Å². The molecule has 170 valence electrons. The Hall–Kier alpha value is -1.76. The number of hydrogen-bond acceptors (Lipinski definition) is 8. The second kappa shape index (κ2) is 11.0. The Bertz CT molecular complexity index is 778. The number of ether oxygens (including phenoxy) is 4. The number of hydrogen-bond donors (Lipinski definition) is 3. The van der Waals surface area contributed by atoms with Gasteiger partial charge in [-0.15, -0.1) is 0 Å². The van der Waals surface area contributed by atoms with Crippen LogP contribution in [0.3, 0.4) is 0 Å². The topological polar surface area (TPSA) is 142 Å². The summed E-state index contributed by atoms with van der Waals surface area (Å²) >= 11 is 0. The van der Waals surface area contributed by atoms with Crippen molar-refractivity contribution in [2.24, 2.45) is 5.14 Å². The molecular formula is C19H31N3O7S. The molecule has 1 heterocycles. The number of amides is 1. The molecule has 2 rings (SSSR count). The van der Waals surface area contributed by atoms with Gasteiger partial charge in [0.15, 0.2) is 0 Å². The van der Waals surface area contributed by atoms with Crippen molar-refractivity contribution in [2.45, 2.75) is 43.6 Å². The first-order valence-corrected chi connectivity index (χ1v) is 11.2. The third kappa shape index (κ3) is 9.37. The lowest BCUT2D eigenvalue weighted by molar-refractivity contribution is 0.0400. The summed E-state index contributed by atoms with van der Waals surface area (Å²) in [6, 6.07) is 6.32.